The van der Waals surface area contributed by atoms with Crippen molar-refractivity contribution < 1.29 is 0 Å². The molecule has 2 nitrogen and oxygen atoms in total. The van der Waals surface area contributed by atoms with Crippen molar-refractivity contribution in [3.05, 3.63) is 28.2 Å². The van der Waals surface area contributed by atoms with Crippen molar-refractivity contribution in [3.63, 3.8) is 0 Å². The van der Waals surface area contributed by atoms with E-state index in [0.717, 1.165) is 10.9 Å². The van der Waals surface area contributed by atoms with Crippen LogP contribution in [0.1, 0.15) is 26.3 Å². The molecule has 1 aromatic carbocycles. The first-order chi connectivity index (χ1) is 7.97. The number of halogens is 1. The molecule has 0 aliphatic carbocycles. The zero-order valence-corrected chi connectivity index (χ0v) is 12.8. The van der Waals surface area contributed by atoms with Crippen LogP contribution in [0, 0.1) is 5.92 Å². The Balaban J connectivity index is 3.03. The fourth-order valence-electron chi connectivity index (χ4n) is 1.92. The van der Waals surface area contributed by atoms with E-state index in [2.05, 4.69) is 66.8 Å². The lowest BCUT2D eigenvalue weighted by Gasteiger charge is -2.31. The predicted octanol–water partition coefficient (Wildman–Crippen LogP) is 3.43. The van der Waals surface area contributed by atoms with E-state index in [-0.39, 0.29) is 0 Å². The van der Waals surface area contributed by atoms with Crippen LogP contribution in [0.3, 0.4) is 0 Å². The normalized spacial score (nSPS) is 12.9. The summed E-state index contributed by atoms with van der Waals surface area (Å²) < 4.78 is 1.12. The third kappa shape index (κ3) is 3.71. The summed E-state index contributed by atoms with van der Waals surface area (Å²) in [5, 5.41) is 0. The van der Waals surface area contributed by atoms with Crippen molar-refractivity contribution in [2.75, 3.05) is 18.5 Å². The minimum Gasteiger partial charge on any atom is -0.371 e. The number of hydrogen-bond donors (Lipinski definition) is 1. The molecule has 96 valence electrons. The molecule has 0 amide bonds. The lowest BCUT2D eigenvalue weighted by atomic mass is 10.0. The Hall–Kier alpha value is -0.540. The fourth-order valence-corrected chi connectivity index (χ4v) is 2.33. The van der Waals surface area contributed by atoms with Crippen molar-refractivity contribution >= 4 is 21.6 Å². The summed E-state index contributed by atoms with van der Waals surface area (Å²) in [6, 6.07) is 6.96. The molecule has 0 spiro atoms. The summed E-state index contributed by atoms with van der Waals surface area (Å²) in [6.45, 7) is 7.46. The molecular formula is C14H23BrN2. The smallest absolute Gasteiger partial charge is 0.0399 e. The van der Waals surface area contributed by atoms with Gasteiger partial charge in [0.05, 0.1) is 0 Å². The molecule has 1 unspecified atom stereocenters. The third-order valence-corrected chi connectivity index (χ3v) is 3.90. The van der Waals surface area contributed by atoms with Gasteiger partial charge in [-0.15, -0.1) is 0 Å². The zero-order valence-electron chi connectivity index (χ0n) is 11.2. The molecule has 1 rings (SSSR count). The second-order valence-corrected chi connectivity index (χ2v) is 5.82. The van der Waals surface area contributed by atoms with Gasteiger partial charge in [0.25, 0.3) is 0 Å². The molecule has 0 heterocycles. The minimum absolute atomic E-state index is 0.521. The molecular weight excluding hydrogens is 276 g/mol. The van der Waals surface area contributed by atoms with Gasteiger partial charge >= 0.3 is 0 Å². The molecule has 3 heteroatoms. The van der Waals surface area contributed by atoms with E-state index in [0.29, 0.717) is 18.5 Å². The van der Waals surface area contributed by atoms with Gasteiger partial charge in [-0.25, -0.2) is 0 Å². The SMILES string of the molecule is CC(C)C(C)N(C)c1ccc(Br)cc1CCN. The molecule has 0 radical (unpaired) electrons. The highest BCUT2D eigenvalue weighted by Crippen LogP contribution is 2.27. The maximum absolute atomic E-state index is 5.68. The van der Waals surface area contributed by atoms with E-state index in [1.54, 1.807) is 0 Å². The first-order valence-corrected chi connectivity index (χ1v) is 6.98. The maximum atomic E-state index is 5.68. The number of anilines is 1. The fraction of sp³-hybridized carbons (Fsp3) is 0.571. The third-order valence-electron chi connectivity index (χ3n) is 3.41. The van der Waals surface area contributed by atoms with E-state index in [9.17, 15) is 0 Å². The largest absolute Gasteiger partial charge is 0.371 e. The maximum Gasteiger partial charge on any atom is 0.0399 e. The van der Waals surface area contributed by atoms with Gasteiger partial charge < -0.3 is 10.6 Å². The Bertz CT molecular complexity index is 363. The Labute approximate surface area is 113 Å². The van der Waals surface area contributed by atoms with Gasteiger partial charge in [0.15, 0.2) is 0 Å². The van der Waals surface area contributed by atoms with Crippen LogP contribution in [0.25, 0.3) is 0 Å². The topological polar surface area (TPSA) is 29.3 Å². The summed E-state index contributed by atoms with van der Waals surface area (Å²) in [6.07, 6.45) is 0.921. The first kappa shape index (κ1) is 14.5. The molecule has 0 saturated heterocycles. The molecule has 0 aliphatic heterocycles. The Morgan fingerprint density at radius 2 is 1.94 bits per heavy atom. The van der Waals surface area contributed by atoms with E-state index in [1.807, 2.05) is 0 Å². The van der Waals surface area contributed by atoms with Crippen LogP contribution in [0.2, 0.25) is 0 Å². The highest BCUT2D eigenvalue weighted by Gasteiger charge is 2.16. The first-order valence-electron chi connectivity index (χ1n) is 6.18. The van der Waals surface area contributed by atoms with Crippen LogP contribution in [-0.4, -0.2) is 19.6 Å². The second kappa shape index (κ2) is 6.41. The number of nitrogens with zero attached hydrogens (tertiary/aromatic N) is 1. The van der Waals surface area contributed by atoms with Gasteiger partial charge in [0, 0.05) is 23.2 Å². The number of nitrogens with two attached hydrogens (primary N) is 1. The average Bonchev–Trinajstić information content (AvgIpc) is 2.27. The quantitative estimate of drug-likeness (QED) is 0.902. The van der Waals surface area contributed by atoms with Crippen LogP contribution < -0.4 is 10.6 Å². The van der Waals surface area contributed by atoms with Gasteiger partial charge in [-0.2, -0.15) is 0 Å². The van der Waals surface area contributed by atoms with Crippen molar-refractivity contribution in [2.24, 2.45) is 11.7 Å². The monoisotopic (exact) mass is 298 g/mol. The Kier molecular flexibility index (Phi) is 5.47. The lowest BCUT2D eigenvalue weighted by molar-refractivity contribution is 0.504. The molecule has 2 N–H and O–H groups in total. The van der Waals surface area contributed by atoms with Crippen LogP contribution in [0.15, 0.2) is 22.7 Å². The van der Waals surface area contributed by atoms with E-state index in [4.69, 9.17) is 5.73 Å². The van der Waals surface area contributed by atoms with E-state index < -0.39 is 0 Å². The highest BCUT2D eigenvalue weighted by atomic mass is 79.9. The number of benzene rings is 1. The van der Waals surface area contributed by atoms with Crippen LogP contribution in [-0.2, 0) is 6.42 Å². The molecule has 0 bridgehead atoms. The van der Waals surface area contributed by atoms with Crippen LogP contribution in [0.5, 0.6) is 0 Å². The van der Waals surface area contributed by atoms with Gasteiger partial charge in [0.2, 0.25) is 0 Å². The summed E-state index contributed by atoms with van der Waals surface area (Å²) in [7, 11) is 2.16. The van der Waals surface area contributed by atoms with Crippen molar-refractivity contribution in [2.45, 2.75) is 33.2 Å². The van der Waals surface area contributed by atoms with Crippen LogP contribution >= 0.6 is 15.9 Å². The van der Waals surface area contributed by atoms with E-state index >= 15 is 0 Å². The minimum atomic E-state index is 0.521. The van der Waals surface area contributed by atoms with Crippen molar-refractivity contribution in [1.82, 2.24) is 0 Å². The molecule has 1 atom stereocenters. The Morgan fingerprint density at radius 1 is 1.29 bits per heavy atom. The molecule has 1 aromatic rings. The zero-order chi connectivity index (χ0) is 13.0. The van der Waals surface area contributed by atoms with Crippen LogP contribution in [0.4, 0.5) is 5.69 Å². The van der Waals surface area contributed by atoms with Gasteiger partial charge in [0.1, 0.15) is 0 Å². The molecule has 17 heavy (non-hydrogen) atoms. The van der Waals surface area contributed by atoms with Crippen molar-refractivity contribution in [1.29, 1.82) is 0 Å². The van der Waals surface area contributed by atoms with Crippen molar-refractivity contribution in [3.8, 4) is 0 Å². The molecule has 0 aliphatic rings. The summed E-state index contributed by atoms with van der Waals surface area (Å²) in [5.74, 6) is 0.634. The summed E-state index contributed by atoms with van der Waals surface area (Å²) in [5.41, 5.74) is 8.29. The molecule has 0 aromatic heterocycles. The standard InChI is InChI=1S/C14H23BrN2/c1-10(2)11(3)17(4)14-6-5-13(15)9-12(14)7-8-16/h5-6,9-11H,7-8,16H2,1-4H3. The molecule has 0 fully saturated rings. The average molecular weight is 299 g/mol. The molecule has 0 saturated carbocycles. The summed E-state index contributed by atoms with van der Waals surface area (Å²) >= 11 is 3.52. The van der Waals surface area contributed by atoms with E-state index in [1.165, 1.54) is 11.3 Å². The highest BCUT2D eigenvalue weighted by molar-refractivity contribution is 9.10. The second-order valence-electron chi connectivity index (χ2n) is 4.91. The number of rotatable bonds is 5. The lowest BCUT2D eigenvalue weighted by Crippen LogP contribution is -2.34. The number of hydrogen-bond acceptors (Lipinski definition) is 2. The predicted molar refractivity (Wildman–Crippen MR) is 79.6 cm³/mol. The van der Waals surface area contributed by atoms with Gasteiger partial charge in [-0.05, 0) is 49.6 Å². The van der Waals surface area contributed by atoms with Gasteiger partial charge in [-0.1, -0.05) is 29.8 Å². The Morgan fingerprint density at radius 3 is 2.47 bits per heavy atom. The van der Waals surface area contributed by atoms with Gasteiger partial charge in [-0.3, -0.25) is 0 Å². The summed E-state index contributed by atoms with van der Waals surface area (Å²) in [4.78, 5) is 2.35.